The fourth-order valence-electron chi connectivity index (χ4n) is 1.84. The van der Waals surface area contributed by atoms with Gasteiger partial charge in [0.25, 0.3) is 0 Å². The van der Waals surface area contributed by atoms with Crippen LogP contribution in [0.2, 0.25) is 0 Å². The maximum atomic E-state index is 11.6. The maximum Gasteiger partial charge on any atom is 0.411 e. The second-order valence-electron chi connectivity index (χ2n) is 5.35. The molecule has 0 radical (unpaired) electrons. The van der Waals surface area contributed by atoms with Gasteiger partial charge < -0.3 is 4.74 Å². The molecule has 1 aromatic heterocycles. The molecule has 0 saturated heterocycles. The van der Waals surface area contributed by atoms with Crippen molar-refractivity contribution in [1.29, 1.82) is 0 Å². The summed E-state index contributed by atoms with van der Waals surface area (Å²) in [6, 6.07) is 11.8. The zero-order chi connectivity index (χ0) is 15.1. The monoisotopic (exact) mass is 284 g/mol. The topological polar surface area (TPSA) is 51.2 Å². The number of amides is 1. The second kappa shape index (κ2) is 7.43. The van der Waals surface area contributed by atoms with Crippen LogP contribution in [0.15, 0.2) is 48.8 Å². The van der Waals surface area contributed by atoms with Crippen LogP contribution in [0.4, 0.5) is 10.5 Å². The summed E-state index contributed by atoms with van der Waals surface area (Å²) in [4.78, 5) is 15.6. The van der Waals surface area contributed by atoms with Crippen molar-refractivity contribution in [2.24, 2.45) is 5.92 Å². The predicted octanol–water partition coefficient (Wildman–Crippen LogP) is 3.88. The van der Waals surface area contributed by atoms with E-state index in [-0.39, 0.29) is 0 Å². The van der Waals surface area contributed by atoms with Crippen LogP contribution in [0.3, 0.4) is 0 Å². The van der Waals surface area contributed by atoms with Crippen molar-refractivity contribution in [2.75, 3.05) is 11.9 Å². The number of aromatic nitrogens is 1. The van der Waals surface area contributed by atoms with E-state index >= 15 is 0 Å². The van der Waals surface area contributed by atoms with Crippen molar-refractivity contribution in [3.05, 3.63) is 59.9 Å². The summed E-state index contributed by atoms with van der Waals surface area (Å²) in [7, 11) is 0. The van der Waals surface area contributed by atoms with E-state index in [1.807, 2.05) is 50.2 Å². The second-order valence-corrected chi connectivity index (χ2v) is 5.35. The molecular weight excluding hydrogens is 264 g/mol. The minimum Gasteiger partial charge on any atom is -0.449 e. The molecule has 4 heteroatoms. The highest BCUT2D eigenvalue weighted by Gasteiger charge is 2.04. The number of carbonyl (C=O) groups is 1. The molecule has 0 fully saturated rings. The van der Waals surface area contributed by atoms with E-state index in [0.29, 0.717) is 12.5 Å². The van der Waals surface area contributed by atoms with Gasteiger partial charge in [0.05, 0.1) is 6.61 Å². The summed E-state index contributed by atoms with van der Waals surface area (Å²) in [6.07, 6.45) is 4.01. The molecule has 0 atom stereocenters. The van der Waals surface area contributed by atoms with Crippen molar-refractivity contribution in [3.63, 3.8) is 0 Å². The van der Waals surface area contributed by atoms with Crippen LogP contribution in [0.5, 0.6) is 0 Å². The van der Waals surface area contributed by atoms with Gasteiger partial charge in [-0.05, 0) is 47.7 Å². The van der Waals surface area contributed by atoms with Gasteiger partial charge in [-0.3, -0.25) is 10.3 Å². The van der Waals surface area contributed by atoms with Crippen LogP contribution < -0.4 is 5.32 Å². The Kier molecular flexibility index (Phi) is 5.32. The summed E-state index contributed by atoms with van der Waals surface area (Å²) in [5, 5.41) is 2.72. The molecule has 1 aromatic carbocycles. The highest BCUT2D eigenvalue weighted by molar-refractivity contribution is 5.84. The van der Waals surface area contributed by atoms with Crippen molar-refractivity contribution >= 4 is 11.8 Å². The molecular formula is C17H20N2O2. The van der Waals surface area contributed by atoms with Gasteiger partial charge in [-0.15, -0.1) is 0 Å². The van der Waals surface area contributed by atoms with Gasteiger partial charge in [-0.1, -0.05) is 26.0 Å². The molecule has 0 spiro atoms. The number of nitrogens with one attached hydrogen (secondary N) is 1. The number of rotatable bonds is 5. The van der Waals surface area contributed by atoms with Gasteiger partial charge >= 0.3 is 6.09 Å². The van der Waals surface area contributed by atoms with Gasteiger partial charge in [0.2, 0.25) is 0 Å². The largest absolute Gasteiger partial charge is 0.449 e. The average Bonchev–Trinajstić information content (AvgIpc) is 2.48. The van der Waals surface area contributed by atoms with Crippen molar-refractivity contribution in [1.82, 2.24) is 4.98 Å². The first-order valence-corrected chi connectivity index (χ1v) is 7.05. The minimum absolute atomic E-state index is 0.332. The molecule has 1 N–H and O–H groups in total. The predicted molar refractivity (Wildman–Crippen MR) is 83.3 cm³/mol. The number of pyridine rings is 1. The van der Waals surface area contributed by atoms with Gasteiger partial charge in [0, 0.05) is 18.1 Å². The van der Waals surface area contributed by atoms with E-state index in [9.17, 15) is 4.79 Å². The number of nitrogens with zero attached hydrogens (tertiary/aromatic N) is 1. The number of hydrogen-bond donors (Lipinski definition) is 1. The standard InChI is InChI=1S/C17H20N2O2/c1-13(2)12-21-17(20)19-16-5-3-14(4-6-16)11-15-7-9-18-10-8-15/h3-10,13H,11-12H2,1-2H3,(H,19,20). The van der Waals surface area contributed by atoms with Crippen LogP contribution in [-0.4, -0.2) is 17.7 Å². The molecule has 110 valence electrons. The fourth-order valence-corrected chi connectivity index (χ4v) is 1.84. The minimum atomic E-state index is -0.411. The molecule has 2 rings (SSSR count). The Labute approximate surface area is 125 Å². The van der Waals surface area contributed by atoms with Crippen LogP contribution in [0.25, 0.3) is 0 Å². The summed E-state index contributed by atoms with van der Waals surface area (Å²) in [6.45, 7) is 4.42. The first kappa shape index (κ1) is 15.0. The third kappa shape index (κ3) is 5.26. The zero-order valence-corrected chi connectivity index (χ0v) is 12.4. The molecule has 1 amide bonds. The lowest BCUT2D eigenvalue weighted by atomic mass is 10.1. The summed E-state index contributed by atoms with van der Waals surface area (Å²) >= 11 is 0. The molecule has 0 aliphatic rings. The van der Waals surface area contributed by atoms with Gasteiger partial charge in [-0.25, -0.2) is 4.79 Å². The fraction of sp³-hybridized carbons (Fsp3) is 0.294. The number of anilines is 1. The molecule has 2 aromatic rings. The maximum absolute atomic E-state index is 11.6. The quantitative estimate of drug-likeness (QED) is 0.906. The SMILES string of the molecule is CC(C)COC(=O)Nc1ccc(Cc2ccncc2)cc1. The first-order valence-electron chi connectivity index (χ1n) is 7.05. The third-order valence-electron chi connectivity index (χ3n) is 2.91. The molecule has 1 heterocycles. The van der Waals surface area contributed by atoms with Crippen molar-refractivity contribution < 1.29 is 9.53 Å². The summed E-state index contributed by atoms with van der Waals surface area (Å²) < 4.78 is 5.08. The molecule has 21 heavy (non-hydrogen) atoms. The zero-order valence-electron chi connectivity index (χ0n) is 12.4. The van der Waals surface area contributed by atoms with Crippen LogP contribution in [0.1, 0.15) is 25.0 Å². The smallest absolute Gasteiger partial charge is 0.411 e. The van der Waals surface area contributed by atoms with Gasteiger partial charge in [0.15, 0.2) is 0 Å². The van der Waals surface area contributed by atoms with Crippen LogP contribution in [-0.2, 0) is 11.2 Å². The van der Waals surface area contributed by atoms with Crippen LogP contribution >= 0.6 is 0 Å². The lowest BCUT2D eigenvalue weighted by Gasteiger charge is -2.09. The Bertz CT molecular complexity index is 565. The highest BCUT2D eigenvalue weighted by atomic mass is 16.5. The molecule has 0 saturated carbocycles. The Morgan fingerprint density at radius 2 is 1.71 bits per heavy atom. The first-order chi connectivity index (χ1) is 10.1. The summed E-state index contributed by atoms with van der Waals surface area (Å²) in [5.74, 6) is 0.332. The van der Waals surface area contributed by atoms with E-state index in [0.717, 1.165) is 12.1 Å². The number of ether oxygens (including phenoxy) is 1. The number of hydrogen-bond acceptors (Lipinski definition) is 3. The van der Waals surface area contributed by atoms with E-state index < -0.39 is 6.09 Å². The third-order valence-corrected chi connectivity index (χ3v) is 2.91. The Hall–Kier alpha value is -2.36. The molecule has 4 nitrogen and oxygen atoms in total. The van der Waals surface area contributed by atoms with Crippen molar-refractivity contribution in [2.45, 2.75) is 20.3 Å². The summed E-state index contributed by atoms with van der Waals surface area (Å²) in [5.41, 5.74) is 3.13. The molecule has 0 aliphatic heterocycles. The molecule has 0 unspecified atom stereocenters. The Morgan fingerprint density at radius 3 is 2.33 bits per heavy atom. The van der Waals surface area contributed by atoms with Gasteiger partial charge in [-0.2, -0.15) is 0 Å². The lowest BCUT2D eigenvalue weighted by Crippen LogP contribution is -2.16. The van der Waals surface area contributed by atoms with E-state index in [1.54, 1.807) is 12.4 Å². The number of benzene rings is 1. The molecule has 0 aliphatic carbocycles. The van der Waals surface area contributed by atoms with E-state index in [2.05, 4.69) is 10.3 Å². The van der Waals surface area contributed by atoms with Crippen molar-refractivity contribution in [3.8, 4) is 0 Å². The average molecular weight is 284 g/mol. The normalized spacial score (nSPS) is 10.4. The van der Waals surface area contributed by atoms with E-state index in [1.165, 1.54) is 11.1 Å². The van der Waals surface area contributed by atoms with Crippen LogP contribution in [0, 0.1) is 5.92 Å². The Morgan fingerprint density at radius 1 is 1.10 bits per heavy atom. The molecule has 0 bridgehead atoms. The van der Waals surface area contributed by atoms with Gasteiger partial charge in [0.1, 0.15) is 0 Å². The van der Waals surface area contributed by atoms with E-state index in [4.69, 9.17) is 4.74 Å². The Balaban J connectivity index is 1.88. The highest BCUT2D eigenvalue weighted by Crippen LogP contribution is 2.13. The number of carbonyl (C=O) groups excluding carboxylic acids is 1. The lowest BCUT2D eigenvalue weighted by molar-refractivity contribution is 0.147.